The van der Waals surface area contributed by atoms with Crippen LogP contribution in [0.2, 0.25) is 10.0 Å². The van der Waals surface area contributed by atoms with Gasteiger partial charge in [-0.3, -0.25) is 4.79 Å². The van der Waals surface area contributed by atoms with Crippen molar-refractivity contribution in [2.75, 3.05) is 13.7 Å². The van der Waals surface area contributed by atoms with Gasteiger partial charge in [-0.1, -0.05) is 35.3 Å². The molecule has 0 spiro atoms. The third-order valence-corrected chi connectivity index (χ3v) is 4.16. The van der Waals surface area contributed by atoms with E-state index in [1.54, 1.807) is 31.2 Å². The number of esters is 1. The molecule has 0 unspecified atom stereocenters. The van der Waals surface area contributed by atoms with Gasteiger partial charge in [0.15, 0.2) is 0 Å². The number of carbonyl (C=O) groups excluding carboxylic acids is 2. The van der Waals surface area contributed by atoms with Gasteiger partial charge in [0.05, 0.1) is 18.3 Å². The van der Waals surface area contributed by atoms with Crippen molar-refractivity contribution in [1.82, 2.24) is 4.90 Å². The molecule has 1 amide bonds. The highest BCUT2D eigenvalue weighted by molar-refractivity contribution is 6.37. The lowest BCUT2D eigenvalue weighted by Gasteiger charge is -2.14. The minimum absolute atomic E-state index is 0.200. The molecule has 0 saturated heterocycles. The molecule has 23 heavy (non-hydrogen) atoms. The van der Waals surface area contributed by atoms with Crippen molar-refractivity contribution >= 4 is 41.2 Å². The van der Waals surface area contributed by atoms with Crippen molar-refractivity contribution in [3.05, 3.63) is 63.3 Å². The molecule has 2 rings (SSSR count). The van der Waals surface area contributed by atoms with Crippen LogP contribution in [0.5, 0.6) is 0 Å². The highest BCUT2D eigenvalue weighted by Gasteiger charge is 2.36. The Morgan fingerprint density at radius 2 is 1.96 bits per heavy atom. The van der Waals surface area contributed by atoms with E-state index in [1.807, 2.05) is 0 Å². The summed E-state index contributed by atoms with van der Waals surface area (Å²) in [5.74, 6) is -0.907. The lowest BCUT2D eigenvalue weighted by Crippen LogP contribution is -2.25. The summed E-state index contributed by atoms with van der Waals surface area (Å²) in [6, 6.07) is 5.03. The Hall–Kier alpha value is -2.04. The van der Waals surface area contributed by atoms with Gasteiger partial charge < -0.3 is 9.64 Å². The Morgan fingerprint density at radius 1 is 1.35 bits per heavy atom. The van der Waals surface area contributed by atoms with Crippen LogP contribution in [0.4, 0.5) is 0 Å². The smallest absolute Gasteiger partial charge is 0.340 e. The van der Waals surface area contributed by atoms with Gasteiger partial charge in [-0.25, -0.2) is 4.79 Å². The fourth-order valence-corrected chi connectivity index (χ4v) is 2.88. The molecular weight excluding hydrogens is 337 g/mol. The lowest BCUT2D eigenvalue weighted by atomic mass is 10.0. The van der Waals surface area contributed by atoms with Gasteiger partial charge in [0.1, 0.15) is 0 Å². The molecule has 1 aromatic rings. The second-order valence-corrected chi connectivity index (χ2v) is 5.66. The fraction of sp³-hybridized carbons (Fsp3) is 0.176. The normalized spacial score (nSPS) is 16.3. The minimum atomic E-state index is -0.586. The molecular formula is C17H15Cl2NO3. The summed E-state index contributed by atoms with van der Waals surface area (Å²) in [4.78, 5) is 26.2. The van der Waals surface area contributed by atoms with Gasteiger partial charge in [-0.2, -0.15) is 0 Å². The first-order valence-corrected chi connectivity index (χ1v) is 7.56. The van der Waals surface area contributed by atoms with Crippen LogP contribution in [0.25, 0.3) is 6.08 Å². The molecule has 0 N–H and O–H groups in total. The second kappa shape index (κ2) is 7.02. The van der Waals surface area contributed by atoms with Crippen LogP contribution in [-0.2, 0) is 14.3 Å². The number of hydrogen-bond donors (Lipinski definition) is 0. The first-order chi connectivity index (χ1) is 10.9. The minimum Gasteiger partial charge on any atom is -0.465 e. The van der Waals surface area contributed by atoms with E-state index >= 15 is 0 Å². The summed E-state index contributed by atoms with van der Waals surface area (Å²) in [6.45, 7) is 5.60. The number of ether oxygens (including phenoxy) is 1. The van der Waals surface area contributed by atoms with Gasteiger partial charge in [0.2, 0.25) is 0 Å². The van der Waals surface area contributed by atoms with Crippen molar-refractivity contribution in [3.8, 4) is 0 Å². The highest BCUT2D eigenvalue weighted by Crippen LogP contribution is 2.34. The summed E-state index contributed by atoms with van der Waals surface area (Å²) < 4.78 is 4.80. The molecule has 6 heteroatoms. The number of nitrogens with zero attached hydrogens (tertiary/aromatic N) is 1. The largest absolute Gasteiger partial charge is 0.465 e. The van der Waals surface area contributed by atoms with Gasteiger partial charge in [0.25, 0.3) is 5.91 Å². The average molecular weight is 352 g/mol. The molecule has 0 aliphatic carbocycles. The van der Waals surface area contributed by atoms with Crippen molar-refractivity contribution in [3.63, 3.8) is 0 Å². The molecule has 0 aromatic heterocycles. The van der Waals surface area contributed by atoms with Gasteiger partial charge >= 0.3 is 5.97 Å². The predicted molar refractivity (Wildman–Crippen MR) is 91.1 cm³/mol. The second-order valence-electron chi connectivity index (χ2n) is 4.85. The number of amides is 1. The number of hydrogen-bond acceptors (Lipinski definition) is 3. The monoisotopic (exact) mass is 351 g/mol. The number of halogens is 2. The number of methoxy groups -OCH3 is 1. The zero-order valence-electron chi connectivity index (χ0n) is 12.7. The van der Waals surface area contributed by atoms with E-state index < -0.39 is 5.97 Å². The number of benzene rings is 1. The van der Waals surface area contributed by atoms with Crippen molar-refractivity contribution in [2.45, 2.75) is 6.92 Å². The van der Waals surface area contributed by atoms with Crippen LogP contribution in [0.1, 0.15) is 12.5 Å². The number of allylic oxidation sites excluding steroid dienone is 1. The van der Waals surface area contributed by atoms with Crippen LogP contribution in [0.15, 0.2) is 47.7 Å². The molecule has 4 nitrogen and oxygen atoms in total. The Morgan fingerprint density at radius 3 is 2.48 bits per heavy atom. The summed E-state index contributed by atoms with van der Waals surface area (Å²) in [5, 5.41) is 0.781. The molecule has 120 valence electrons. The van der Waals surface area contributed by atoms with E-state index in [9.17, 15) is 9.59 Å². The molecule has 0 atom stereocenters. The van der Waals surface area contributed by atoms with Gasteiger partial charge in [-0.05, 0) is 25.1 Å². The fourth-order valence-electron chi connectivity index (χ4n) is 2.37. The first kappa shape index (κ1) is 17.3. The van der Waals surface area contributed by atoms with Crippen molar-refractivity contribution in [1.29, 1.82) is 0 Å². The summed E-state index contributed by atoms with van der Waals surface area (Å²) in [5.41, 5.74) is 1.39. The van der Waals surface area contributed by atoms with Gasteiger partial charge in [-0.15, -0.1) is 6.58 Å². The number of carbonyl (C=O) groups is 2. The molecule has 0 bridgehead atoms. The molecule has 1 heterocycles. The predicted octanol–water partition coefficient (Wildman–Crippen LogP) is 3.85. The molecule has 0 radical (unpaired) electrons. The van der Waals surface area contributed by atoms with Crippen LogP contribution < -0.4 is 0 Å². The Kier molecular flexibility index (Phi) is 5.29. The first-order valence-electron chi connectivity index (χ1n) is 6.80. The third kappa shape index (κ3) is 3.19. The lowest BCUT2D eigenvalue weighted by molar-refractivity contribution is -0.136. The van der Waals surface area contributed by atoms with Crippen LogP contribution in [-0.4, -0.2) is 30.4 Å². The maximum Gasteiger partial charge on any atom is 0.340 e. The topological polar surface area (TPSA) is 46.6 Å². The van der Waals surface area contributed by atoms with Crippen LogP contribution in [0.3, 0.4) is 0 Å². The van der Waals surface area contributed by atoms with Crippen molar-refractivity contribution < 1.29 is 14.3 Å². The van der Waals surface area contributed by atoms with Crippen molar-refractivity contribution in [2.24, 2.45) is 0 Å². The Labute approximate surface area is 144 Å². The SMILES string of the molecule is C=CCN1C(=O)/C(=C\c2c(Cl)cccc2Cl)C(C(=O)OC)=C1C. The summed E-state index contributed by atoms with van der Waals surface area (Å²) in [7, 11) is 1.27. The molecule has 1 aliphatic rings. The van der Waals surface area contributed by atoms with Crippen LogP contribution in [0, 0.1) is 0 Å². The molecule has 0 fully saturated rings. The van der Waals surface area contributed by atoms with Crippen LogP contribution >= 0.6 is 23.2 Å². The zero-order chi connectivity index (χ0) is 17.1. The maximum absolute atomic E-state index is 12.6. The molecule has 1 aromatic carbocycles. The van der Waals surface area contributed by atoms with E-state index in [0.29, 0.717) is 27.9 Å². The zero-order valence-corrected chi connectivity index (χ0v) is 14.2. The molecule has 0 saturated carbocycles. The maximum atomic E-state index is 12.6. The average Bonchev–Trinajstić information content (AvgIpc) is 2.75. The molecule has 1 aliphatic heterocycles. The third-order valence-electron chi connectivity index (χ3n) is 3.50. The quantitative estimate of drug-likeness (QED) is 0.470. The standard InChI is InChI=1S/C17H15Cl2NO3/c1-4-8-20-10(2)15(17(22)23-3)12(16(20)21)9-11-13(18)6-5-7-14(11)19/h4-7,9H,1,8H2,2-3H3/b12-9-. The van der Waals surface area contributed by atoms with E-state index in [4.69, 9.17) is 27.9 Å². The summed E-state index contributed by atoms with van der Waals surface area (Å²) >= 11 is 12.3. The van der Waals surface area contributed by atoms with E-state index in [0.717, 1.165) is 0 Å². The van der Waals surface area contributed by atoms with E-state index in [1.165, 1.54) is 18.1 Å². The highest BCUT2D eigenvalue weighted by atomic mass is 35.5. The van der Waals surface area contributed by atoms with E-state index in [-0.39, 0.29) is 17.1 Å². The van der Waals surface area contributed by atoms with Gasteiger partial charge in [0, 0.05) is 27.9 Å². The number of rotatable bonds is 4. The Bertz CT molecular complexity index is 730. The Balaban J connectivity index is 2.63. The summed E-state index contributed by atoms with van der Waals surface area (Å²) in [6.07, 6.45) is 3.10. The van der Waals surface area contributed by atoms with E-state index in [2.05, 4.69) is 6.58 Å².